The molecule has 6 N–H and O–H groups in total. The summed E-state index contributed by atoms with van der Waals surface area (Å²) in [4.78, 5) is 35.6. The molecule has 57 heavy (non-hydrogen) atoms. The fourth-order valence-electron chi connectivity index (χ4n) is 6.63. The quantitative estimate of drug-likeness (QED) is 0.0153. The lowest BCUT2D eigenvalue weighted by Crippen LogP contribution is -2.64. The molecule has 1 aliphatic rings. The zero-order chi connectivity index (χ0) is 42.2. The molecule has 0 aromatic heterocycles. The Morgan fingerprint density at radius 2 is 0.895 bits per heavy atom. The number of ether oxygens (including phenoxy) is 2. The monoisotopic (exact) mass is 835 g/mol. The summed E-state index contributed by atoms with van der Waals surface area (Å²) in [6.07, 6.45) is 22.3. The first-order valence-electron chi connectivity index (χ1n) is 22.1. The number of carbonyl (C=O) groups is 2. The number of allylic oxidation sites excluding steroid dienone is 4. The fraction of sp³-hybridized carbons (Fsp3) is 0.860. The molecule has 0 heterocycles. The van der Waals surface area contributed by atoms with Crippen molar-refractivity contribution in [1.82, 2.24) is 0 Å². The highest BCUT2D eigenvalue weighted by molar-refractivity contribution is 7.47. The van der Waals surface area contributed by atoms with E-state index in [1.54, 1.807) is 0 Å². The van der Waals surface area contributed by atoms with Crippen molar-refractivity contribution in [2.45, 2.75) is 224 Å². The van der Waals surface area contributed by atoms with Crippen molar-refractivity contribution in [1.29, 1.82) is 0 Å². The second-order valence-electron chi connectivity index (χ2n) is 15.5. The van der Waals surface area contributed by atoms with E-state index in [2.05, 4.69) is 38.2 Å². The van der Waals surface area contributed by atoms with E-state index in [1.165, 1.54) is 64.2 Å². The first kappa shape index (κ1) is 53.3. The summed E-state index contributed by atoms with van der Waals surface area (Å²) in [6.45, 7) is 3.25. The third-order valence-electron chi connectivity index (χ3n) is 10.3. The highest BCUT2D eigenvalue weighted by atomic mass is 31.2. The van der Waals surface area contributed by atoms with Crippen LogP contribution in [0.25, 0.3) is 0 Å². The number of hydrogen-bond acceptors (Lipinski definition) is 12. The molecule has 0 amide bonds. The van der Waals surface area contributed by atoms with Crippen molar-refractivity contribution >= 4 is 19.8 Å². The van der Waals surface area contributed by atoms with Gasteiger partial charge in [0, 0.05) is 12.8 Å². The van der Waals surface area contributed by atoms with Crippen LogP contribution >= 0.6 is 7.82 Å². The van der Waals surface area contributed by atoms with Crippen LogP contribution in [0.1, 0.15) is 181 Å². The van der Waals surface area contributed by atoms with Gasteiger partial charge in [0.25, 0.3) is 0 Å². The van der Waals surface area contributed by atoms with Crippen LogP contribution in [0.4, 0.5) is 0 Å². The average molecular weight is 835 g/mol. The second kappa shape index (κ2) is 34.1. The molecular weight excluding hydrogens is 755 g/mol. The molecule has 13 nitrogen and oxygen atoms in total. The minimum absolute atomic E-state index is 0.0914. The Kier molecular flexibility index (Phi) is 31.9. The van der Waals surface area contributed by atoms with E-state index >= 15 is 0 Å². The lowest BCUT2D eigenvalue weighted by Gasteiger charge is -2.41. The predicted molar refractivity (Wildman–Crippen MR) is 221 cm³/mol. The molecule has 1 saturated carbocycles. The van der Waals surface area contributed by atoms with Crippen molar-refractivity contribution in [3.05, 3.63) is 24.3 Å². The number of aliphatic hydroxyl groups excluding tert-OH is 5. The van der Waals surface area contributed by atoms with Crippen LogP contribution in [0.5, 0.6) is 0 Å². The van der Waals surface area contributed by atoms with Gasteiger partial charge in [0.2, 0.25) is 0 Å². The molecule has 0 aromatic rings. The second-order valence-corrected chi connectivity index (χ2v) is 16.9. The topological polar surface area (TPSA) is 210 Å². The zero-order valence-electron chi connectivity index (χ0n) is 35.1. The lowest BCUT2D eigenvalue weighted by molar-refractivity contribution is -0.220. The summed E-state index contributed by atoms with van der Waals surface area (Å²) >= 11 is 0. The molecule has 334 valence electrons. The Morgan fingerprint density at radius 3 is 1.33 bits per heavy atom. The van der Waals surface area contributed by atoms with Crippen LogP contribution in [0.2, 0.25) is 0 Å². The van der Waals surface area contributed by atoms with Crippen molar-refractivity contribution in [2.24, 2.45) is 0 Å². The van der Waals surface area contributed by atoms with Crippen LogP contribution < -0.4 is 0 Å². The van der Waals surface area contributed by atoms with Gasteiger partial charge in [-0.2, -0.15) is 0 Å². The van der Waals surface area contributed by atoms with E-state index < -0.39 is 75.7 Å². The Labute approximate surface area is 343 Å². The normalized spacial score (nSPS) is 22.9. The van der Waals surface area contributed by atoms with Gasteiger partial charge in [0.1, 0.15) is 43.2 Å². The van der Waals surface area contributed by atoms with Crippen molar-refractivity contribution in [3.63, 3.8) is 0 Å². The maximum absolute atomic E-state index is 12.8. The maximum atomic E-state index is 12.8. The van der Waals surface area contributed by atoms with E-state index in [0.717, 1.165) is 77.0 Å². The van der Waals surface area contributed by atoms with Gasteiger partial charge in [-0.3, -0.25) is 18.6 Å². The van der Waals surface area contributed by atoms with E-state index in [4.69, 9.17) is 18.5 Å². The summed E-state index contributed by atoms with van der Waals surface area (Å²) in [7, 11) is -5.11. The van der Waals surface area contributed by atoms with Crippen molar-refractivity contribution in [2.75, 3.05) is 13.2 Å². The lowest BCUT2D eigenvalue weighted by atomic mass is 9.85. The van der Waals surface area contributed by atoms with Crippen molar-refractivity contribution < 1.29 is 63.1 Å². The number of rotatable bonds is 36. The van der Waals surface area contributed by atoms with Gasteiger partial charge >= 0.3 is 19.8 Å². The van der Waals surface area contributed by atoms with Gasteiger partial charge in [-0.05, 0) is 64.2 Å². The summed E-state index contributed by atoms with van der Waals surface area (Å²) in [6, 6.07) is 0. The number of carbonyl (C=O) groups excluding carboxylic acids is 2. The third kappa shape index (κ3) is 26.9. The molecule has 8 atom stereocenters. The number of phosphoric ester groups is 1. The first-order chi connectivity index (χ1) is 27.4. The molecule has 0 aromatic carbocycles. The fourth-order valence-corrected chi connectivity index (χ4v) is 7.60. The van der Waals surface area contributed by atoms with Crippen LogP contribution in [0.3, 0.4) is 0 Å². The Bertz CT molecular complexity index is 1100. The van der Waals surface area contributed by atoms with E-state index in [-0.39, 0.29) is 12.8 Å². The molecule has 14 heteroatoms. The SMILES string of the molecule is CCCCCC/C=C\CCCCCCCCCC(=O)O[C@H](COC(=O)CCCCCCC/C=C\CCCCCC)COP(=O)(O)OC1C(O)C(O)C(O)[C@@H](O)C1O. The minimum atomic E-state index is -5.11. The highest BCUT2D eigenvalue weighted by Gasteiger charge is 2.51. The summed E-state index contributed by atoms with van der Waals surface area (Å²) in [5.41, 5.74) is 0. The van der Waals surface area contributed by atoms with Gasteiger partial charge in [-0.15, -0.1) is 0 Å². The smallest absolute Gasteiger partial charge is 0.462 e. The predicted octanol–water partition coefficient (Wildman–Crippen LogP) is 8.06. The van der Waals surface area contributed by atoms with Gasteiger partial charge in [-0.1, -0.05) is 128 Å². The molecule has 1 aliphatic carbocycles. The molecule has 0 aliphatic heterocycles. The van der Waals surface area contributed by atoms with Gasteiger partial charge in [0.15, 0.2) is 6.10 Å². The Hall–Kier alpha value is -1.67. The van der Waals surface area contributed by atoms with E-state index in [0.29, 0.717) is 12.8 Å². The molecular formula is C43H79O13P. The van der Waals surface area contributed by atoms with Crippen LogP contribution in [-0.4, -0.2) is 98.3 Å². The van der Waals surface area contributed by atoms with Gasteiger partial charge < -0.3 is 39.9 Å². The number of unbranched alkanes of at least 4 members (excludes halogenated alkanes) is 20. The van der Waals surface area contributed by atoms with Crippen LogP contribution in [0, 0.1) is 0 Å². The molecule has 6 unspecified atom stereocenters. The number of esters is 2. The van der Waals surface area contributed by atoms with Gasteiger partial charge in [-0.25, -0.2) is 4.57 Å². The molecule has 0 spiro atoms. The largest absolute Gasteiger partial charge is 0.472 e. The highest BCUT2D eigenvalue weighted by Crippen LogP contribution is 2.47. The summed E-state index contributed by atoms with van der Waals surface area (Å²) in [5, 5.41) is 50.1. The van der Waals surface area contributed by atoms with Crippen molar-refractivity contribution in [3.8, 4) is 0 Å². The Morgan fingerprint density at radius 1 is 0.526 bits per heavy atom. The number of aliphatic hydroxyl groups is 5. The molecule has 0 bridgehead atoms. The van der Waals surface area contributed by atoms with Crippen LogP contribution in [-0.2, 0) is 32.7 Å². The summed E-state index contributed by atoms with van der Waals surface area (Å²) < 4.78 is 33.5. The van der Waals surface area contributed by atoms with Crippen LogP contribution in [0.15, 0.2) is 24.3 Å². The molecule has 0 radical (unpaired) electrons. The Balaban J connectivity index is 2.49. The van der Waals surface area contributed by atoms with Gasteiger partial charge in [0.05, 0.1) is 6.61 Å². The van der Waals surface area contributed by atoms with E-state index in [9.17, 15) is 44.6 Å². The number of phosphoric acid groups is 1. The van der Waals surface area contributed by atoms with E-state index in [1.807, 2.05) is 0 Å². The minimum Gasteiger partial charge on any atom is -0.462 e. The number of hydrogen-bond donors (Lipinski definition) is 6. The summed E-state index contributed by atoms with van der Waals surface area (Å²) in [5.74, 6) is -1.11. The third-order valence-corrected chi connectivity index (χ3v) is 11.3. The standard InChI is InChI=1S/C43H79O13P/c1-3-5-7-9-11-13-15-17-18-20-22-24-26-28-30-32-37(45)55-35(34-54-57(51,52)56-43-41(49)39(47)38(46)40(48)42(43)50)33-53-36(44)31-29-27-25-23-21-19-16-14-12-10-8-6-4-2/h13-16,35,38-43,46-50H,3-12,17-34H2,1-2H3,(H,51,52)/b15-13-,16-14-/t35-,38?,39-,40?,41?,42?,43?/m1/s1. The zero-order valence-corrected chi connectivity index (χ0v) is 36.0. The molecule has 1 rings (SSSR count). The average Bonchev–Trinajstić information content (AvgIpc) is 3.19. The molecule has 0 saturated heterocycles. The maximum Gasteiger partial charge on any atom is 0.472 e. The first-order valence-corrected chi connectivity index (χ1v) is 23.6. The molecule has 1 fully saturated rings.